The van der Waals surface area contributed by atoms with Crippen molar-refractivity contribution in [2.45, 2.75) is 25.9 Å². The van der Waals surface area contributed by atoms with Gasteiger partial charge in [-0.1, -0.05) is 30.3 Å². The van der Waals surface area contributed by atoms with Gasteiger partial charge in [0.2, 0.25) is 0 Å². The average molecular weight is 436 g/mol. The fraction of sp³-hybridized carbons (Fsp3) is 0.333. The molecule has 0 saturated carbocycles. The minimum absolute atomic E-state index is 0.0481. The zero-order chi connectivity index (χ0) is 21.5. The Morgan fingerprint density at radius 2 is 1.94 bits per heavy atom. The zero-order valence-electron chi connectivity index (χ0n) is 17.7. The summed E-state index contributed by atoms with van der Waals surface area (Å²) in [5.41, 5.74) is 3.25. The fourth-order valence-electron chi connectivity index (χ4n) is 4.53. The summed E-state index contributed by atoms with van der Waals surface area (Å²) in [5.74, 6) is 0.456. The van der Waals surface area contributed by atoms with Crippen LogP contribution in [0, 0.1) is 0 Å². The lowest BCUT2D eigenvalue weighted by Crippen LogP contribution is -2.53. The molecule has 31 heavy (non-hydrogen) atoms. The van der Waals surface area contributed by atoms with Gasteiger partial charge in [-0.3, -0.25) is 4.79 Å². The Kier molecular flexibility index (Phi) is 5.16. The molecule has 2 aliphatic heterocycles. The van der Waals surface area contributed by atoms with Crippen LogP contribution in [0.1, 0.15) is 12.5 Å². The smallest absolute Gasteiger partial charge is 0.408 e. The molecular formula is C24H25N3O3S. The van der Waals surface area contributed by atoms with Crippen molar-refractivity contribution < 1.29 is 9.53 Å². The molecule has 5 rings (SSSR count). The molecule has 2 aromatic heterocycles. The van der Waals surface area contributed by atoms with Gasteiger partial charge in [-0.05, 0) is 49.0 Å². The highest BCUT2D eigenvalue weighted by molar-refractivity contribution is 7.13. The molecule has 0 bridgehead atoms. The second kappa shape index (κ2) is 7.98. The van der Waals surface area contributed by atoms with Gasteiger partial charge in [0.25, 0.3) is 5.56 Å². The predicted molar refractivity (Wildman–Crippen MR) is 123 cm³/mol. The molecule has 3 aromatic rings. The van der Waals surface area contributed by atoms with Crippen LogP contribution in [0.2, 0.25) is 0 Å². The van der Waals surface area contributed by atoms with E-state index in [1.165, 1.54) is 5.56 Å². The van der Waals surface area contributed by atoms with Crippen LogP contribution in [0.5, 0.6) is 5.75 Å². The van der Waals surface area contributed by atoms with Crippen LogP contribution < -0.4 is 10.3 Å². The van der Waals surface area contributed by atoms with Gasteiger partial charge in [0.1, 0.15) is 5.69 Å². The SMILES string of the molecule is CC1CN(C)CCN1C(=O)Oc1cc(-c2ccccc2)c(=O)n2c1-c1sccc1CC2. The van der Waals surface area contributed by atoms with Crippen molar-refractivity contribution in [3.8, 4) is 27.4 Å². The molecule has 1 unspecified atom stereocenters. The van der Waals surface area contributed by atoms with Crippen molar-refractivity contribution in [3.05, 3.63) is 63.8 Å². The molecule has 1 aromatic carbocycles. The number of aromatic nitrogens is 1. The molecule has 0 N–H and O–H groups in total. The highest BCUT2D eigenvalue weighted by Crippen LogP contribution is 2.40. The quantitative estimate of drug-likeness (QED) is 0.612. The Morgan fingerprint density at radius 1 is 1.13 bits per heavy atom. The number of aryl methyl sites for hydroxylation is 1. The van der Waals surface area contributed by atoms with Crippen LogP contribution >= 0.6 is 11.3 Å². The van der Waals surface area contributed by atoms with Crippen LogP contribution in [0.25, 0.3) is 21.7 Å². The summed E-state index contributed by atoms with van der Waals surface area (Å²) in [6.45, 7) is 4.87. The molecule has 6 nitrogen and oxygen atoms in total. The fourth-order valence-corrected chi connectivity index (χ4v) is 5.54. The molecule has 0 radical (unpaired) electrons. The van der Waals surface area contributed by atoms with Gasteiger partial charge >= 0.3 is 6.09 Å². The first-order valence-corrected chi connectivity index (χ1v) is 11.5. The number of pyridine rings is 1. The van der Waals surface area contributed by atoms with E-state index in [0.717, 1.165) is 35.6 Å². The number of hydrogen-bond acceptors (Lipinski definition) is 5. The van der Waals surface area contributed by atoms with Crippen molar-refractivity contribution in [3.63, 3.8) is 0 Å². The third-order valence-corrected chi connectivity index (χ3v) is 7.13. The maximum Gasteiger partial charge on any atom is 0.415 e. The van der Waals surface area contributed by atoms with Crippen molar-refractivity contribution in [2.75, 3.05) is 26.7 Å². The number of ether oxygens (including phenoxy) is 1. The van der Waals surface area contributed by atoms with E-state index in [2.05, 4.69) is 18.0 Å². The number of nitrogens with zero attached hydrogens (tertiary/aromatic N) is 3. The third-order valence-electron chi connectivity index (χ3n) is 6.17. The number of thiophene rings is 1. The molecule has 0 aliphatic carbocycles. The van der Waals surface area contributed by atoms with Crippen molar-refractivity contribution in [2.24, 2.45) is 0 Å². The van der Waals surface area contributed by atoms with Gasteiger partial charge < -0.3 is 19.1 Å². The van der Waals surface area contributed by atoms with E-state index < -0.39 is 0 Å². The number of likely N-dealkylation sites (N-methyl/N-ethyl adjacent to an activating group) is 1. The molecule has 2 aliphatic rings. The first kappa shape index (κ1) is 20.0. The molecule has 1 fully saturated rings. The monoisotopic (exact) mass is 435 g/mol. The zero-order valence-corrected chi connectivity index (χ0v) is 18.5. The predicted octanol–water partition coefficient (Wildman–Crippen LogP) is 3.93. The number of benzene rings is 1. The first-order chi connectivity index (χ1) is 15.0. The van der Waals surface area contributed by atoms with E-state index in [1.54, 1.807) is 26.9 Å². The second-order valence-electron chi connectivity index (χ2n) is 8.29. The number of piperazine rings is 1. The van der Waals surface area contributed by atoms with Gasteiger partial charge in [0, 0.05) is 32.2 Å². The summed E-state index contributed by atoms with van der Waals surface area (Å²) in [5, 5.41) is 2.03. The summed E-state index contributed by atoms with van der Waals surface area (Å²) >= 11 is 1.58. The van der Waals surface area contributed by atoms with Gasteiger partial charge in [0.15, 0.2) is 5.75 Å². The standard InChI is InChI=1S/C24H25N3O3S/c1-16-15-25(2)11-12-26(16)24(29)30-20-14-19(17-6-4-3-5-7-17)23(28)27-10-8-18-9-13-31-22(18)21(20)27/h3-7,9,13-14,16H,8,10-12,15H2,1-2H3. The Morgan fingerprint density at radius 3 is 2.71 bits per heavy atom. The molecule has 1 amide bonds. The minimum Gasteiger partial charge on any atom is -0.408 e. The second-order valence-corrected chi connectivity index (χ2v) is 9.21. The minimum atomic E-state index is -0.357. The number of amides is 1. The summed E-state index contributed by atoms with van der Waals surface area (Å²) in [6.07, 6.45) is 0.442. The average Bonchev–Trinajstić information content (AvgIpc) is 3.25. The highest BCUT2D eigenvalue weighted by atomic mass is 32.1. The van der Waals surface area contributed by atoms with Gasteiger partial charge in [-0.15, -0.1) is 11.3 Å². The van der Waals surface area contributed by atoms with E-state index in [9.17, 15) is 9.59 Å². The van der Waals surface area contributed by atoms with E-state index in [-0.39, 0.29) is 17.7 Å². The van der Waals surface area contributed by atoms with Gasteiger partial charge in [-0.2, -0.15) is 0 Å². The van der Waals surface area contributed by atoms with E-state index >= 15 is 0 Å². The molecule has 4 heterocycles. The Hall–Kier alpha value is -2.90. The van der Waals surface area contributed by atoms with Crippen LogP contribution in [0.3, 0.4) is 0 Å². The van der Waals surface area contributed by atoms with Gasteiger partial charge in [0.05, 0.1) is 10.4 Å². The number of fused-ring (bicyclic) bond motifs is 3. The lowest BCUT2D eigenvalue weighted by Gasteiger charge is -2.37. The first-order valence-electron chi connectivity index (χ1n) is 10.6. The number of carbonyl (C=O) groups is 1. The maximum atomic E-state index is 13.4. The van der Waals surface area contributed by atoms with E-state index in [1.807, 2.05) is 42.6 Å². The summed E-state index contributed by atoms with van der Waals surface area (Å²) in [4.78, 5) is 31.5. The Bertz CT molecular complexity index is 1180. The summed E-state index contributed by atoms with van der Waals surface area (Å²) < 4.78 is 7.79. The molecular weight excluding hydrogens is 410 g/mol. The molecule has 0 spiro atoms. The molecule has 160 valence electrons. The maximum absolute atomic E-state index is 13.4. The topological polar surface area (TPSA) is 54.8 Å². The van der Waals surface area contributed by atoms with Crippen molar-refractivity contribution in [1.82, 2.24) is 14.4 Å². The number of hydrogen-bond donors (Lipinski definition) is 0. The van der Waals surface area contributed by atoms with E-state index in [4.69, 9.17) is 4.74 Å². The van der Waals surface area contributed by atoms with Crippen LogP contribution in [0.15, 0.2) is 52.6 Å². The van der Waals surface area contributed by atoms with Crippen molar-refractivity contribution in [1.29, 1.82) is 0 Å². The summed E-state index contributed by atoms with van der Waals surface area (Å²) in [6, 6.07) is 13.5. The largest absolute Gasteiger partial charge is 0.415 e. The Balaban J connectivity index is 1.61. The van der Waals surface area contributed by atoms with Crippen LogP contribution in [0.4, 0.5) is 4.79 Å². The highest BCUT2D eigenvalue weighted by Gasteiger charge is 2.30. The molecule has 1 saturated heterocycles. The van der Waals surface area contributed by atoms with E-state index in [0.29, 0.717) is 24.4 Å². The van der Waals surface area contributed by atoms with Crippen molar-refractivity contribution >= 4 is 17.4 Å². The van der Waals surface area contributed by atoms with Gasteiger partial charge in [-0.25, -0.2) is 4.79 Å². The summed E-state index contributed by atoms with van der Waals surface area (Å²) in [7, 11) is 2.06. The lowest BCUT2D eigenvalue weighted by atomic mass is 10.0. The lowest BCUT2D eigenvalue weighted by molar-refractivity contribution is 0.0892. The molecule has 1 atom stereocenters. The third kappa shape index (κ3) is 3.58. The van der Waals surface area contributed by atoms with Crippen LogP contribution in [-0.4, -0.2) is 53.2 Å². The Labute approximate surface area is 185 Å². The number of rotatable bonds is 2. The normalized spacial score (nSPS) is 18.4. The number of carbonyl (C=O) groups excluding carboxylic acids is 1. The van der Waals surface area contributed by atoms with Crippen LogP contribution in [-0.2, 0) is 13.0 Å². The molecule has 7 heteroatoms.